The minimum absolute atomic E-state index is 0.328. The monoisotopic (exact) mass is 481 g/mol. The third-order valence-corrected chi connectivity index (χ3v) is 7.13. The van der Waals surface area contributed by atoms with Crippen molar-refractivity contribution in [3.05, 3.63) is 57.2 Å². The zero-order valence-electron chi connectivity index (χ0n) is 19.4. The lowest BCUT2D eigenvalue weighted by Crippen LogP contribution is -2.21. The summed E-state index contributed by atoms with van der Waals surface area (Å²) in [5.74, 6) is -0.851. The highest BCUT2D eigenvalue weighted by Gasteiger charge is 2.26. The van der Waals surface area contributed by atoms with Crippen LogP contribution in [0, 0.1) is 13.8 Å². The van der Waals surface area contributed by atoms with E-state index in [1.165, 1.54) is 18.4 Å². The number of aryl methyl sites for hydroxylation is 3. The maximum Gasteiger partial charge on any atom is 0.341 e. The molecule has 0 unspecified atom stereocenters. The summed E-state index contributed by atoms with van der Waals surface area (Å²) in [7, 11) is 1.33. The Bertz CT molecular complexity index is 1210. The fraction of sp³-hybridized carbons (Fsp3) is 0.360. The molecule has 2 N–H and O–H groups in total. The van der Waals surface area contributed by atoms with Gasteiger partial charge in [0.1, 0.15) is 10.8 Å². The largest absolute Gasteiger partial charge is 0.465 e. The SMILES string of the molecule is COC(=O)c1c(NC(=O)COC(=O)c2ccc(-c3nc(C)c(C)[nH]3)cc2)sc2c1CCCCC2. The number of ether oxygens (including phenoxy) is 2. The topological polar surface area (TPSA) is 110 Å². The quantitative estimate of drug-likeness (QED) is 0.393. The maximum atomic E-state index is 12.5. The Labute approximate surface area is 201 Å². The normalized spacial score (nSPS) is 13.0. The first kappa shape index (κ1) is 23.7. The molecule has 4 rings (SSSR count). The van der Waals surface area contributed by atoms with Gasteiger partial charge in [0, 0.05) is 16.1 Å². The lowest BCUT2D eigenvalue weighted by molar-refractivity contribution is -0.119. The first-order chi connectivity index (χ1) is 16.4. The van der Waals surface area contributed by atoms with Gasteiger partial charge in [0.25, 0.3) is 5.91 Å². The van der Waals surface area contributed by atoms with Crippen LogP contribution in [-0.4, -0.2) is 41.5 Å². The Balaban J connectivity index is 1.39. The summed E-state index contributed by atoms with van der Waals surface area (Å²) in [6, 6.07) is 6.81. The van der Waals surface area contributed by atoms with Gasteiger partial charge in [-0.25, -0.2) is 14.6 Å². The maximum absolute atomic E-state index is 12.5. The van der Waals surface area contributed by atoms with Crippen molar-refractivity contribution in [2.45, 2.75) is 46.0 Å². The van der Waals surface area contributed by atoms with Crippen molar-refractivity contribution in [1.29, 1.82) is 0 Å². The van der Waals surface area contributed by atoms with Gasteiger partial charge in [-0.3, -0.25) is 4.79 Å². The number of imidazole rings is 1. The smallest absolute Gasteiger partial charge is 0.341 e. The Kier molecular flexibility index (Phi) is 7.12. The molecule has 0 radical (unpaired) electrons. The molecule has 1 aliphatic carbocycles. The van der Waals surface area contributed by atoms with Crippen molar-refractivity contribution in [2.75, 3.05) is 19.0 Å². The third-order valence-electron chi connectivity index (χ3n) is 5.92. The number of nitrogens with one attached hydrogen (secondary N) is 2. The molecule has 0 atom stereocenters. The average Bonchev–Trinajstić information content (AvgIpc) is 3.25. The number of amides is 1. The molecule has 2 heterocycles. The second-order valence-corrected chi connectivity index (χ2v) is 9.36. The van der Waals surface area contributed by atoms with Crippen LogP contribution in [0.2, 0.25) is 0 Å². The number of benzene rings is 1. The number of hydrogen-bond acceptors (Lipinski definition) is 7. The van der Waals surface area contributed by atoms with Crippen LogP contribution in [0.25, 0.3) is 11.4 Å². The van der Waals surface area contributed by atoms with E-state index in [1.54, 1.807) is 24.3 Å². The van der Waals surface area contributed by atoms with E-state index in [0.29, 0.717) is 16.1 Å². The first-order valence-electron chi connectivity index (χ1n) is 11.2. The molecule has 1 amide bonds. The molecule has 178 valence electrons. The van der Waals surface area contributed by atoms with Crippen LogP contribution in [0.5, 0.6) is 0 Å². The van der Waals surface area contributed by atoms with Crippen molar-refractivity contribution >= 4 is 34.2 Å². The van der Waals surface area contributed by atoms with Crippen LogP contribution in [0.4, 0.5) is 5.00 Å². The number of hydrogen-bond donors (Lipinski definition) is 2. The molecule has 0 spiro atoms. The lowest BCUT2D eigenvalue weighted by atomic mass is 10.1. The van der Waals surface area contributed by atoms with E-state index < -0.39 is 24.5 Å². The Morgan fingerprint density at radius 1 is 1.06 bits per heavy atom. The minimum Gasteiger partial charge on any atom is -0.465 e. The molecule has 0 aliphatic heterocycles. The Morgan fingerprint density at radius 3 is 2.47 bits per heavy atom. The number of rotatable bonds is 6. The van der Waals surface area contributed by atoms with E-state index in [9.17, 15) is 14.4 Å². The highest BCUT2D eigenvalue weighted by atomic mass is 32.1. The van der Waals surface area contributed by atoms with Crippen molar-refractivity contribution in [2.24, 2.45) is 0 Å². The summed E-state index contributed by atoms with van der Waals surface area (Å²) in [6.45, 7) is 3.41. The van der Waals surface area contributed by atoms with Gasteiger partial charge in [0.15, 0.2) is 6.61 Å². The van der Waals surface area contributed by atoms with Gasteiger partial charge in [-0.2, -0.15) is 0 Å². The summed E-state index contributed by atoms with van der Waals surface area (Å²) in [6.07, 6.45) is 4.82. The highest BCUT2D eigenvalue weighted by Crippen LogP contribution is 2.38. The molecular weight excluding hydrogens is 454 g/mol. The fourth-order valence-electron chi connectivity index (χ4n) is 3.97. The van der Waals surface area contributed by atoms with Crippen LogP contribution < -0.4 is 5.32 Å². The first-order valence-corrected chi connectivity index (χ1v) is 12.0. The number of fused-ring (bicyclic) bond motifs is 1. The van der Waals surface area contributed by atoms with Crippen molar-refractivity contribution in [3.8, 4) is 11.4 Å². The number of carbonyl (C=O) groups is 3. The second kappa shape index (κ2) is 10.2. The lowest BCUT2D eigenvalue weighted by Gasteiger charge is -2.08. The number of nitrogens with zero attached hydrogens (tertiary/aromatic N) is 1. The fourth-order valence-corrected chi connectivity index (χ4v) is 5.27. The van der Waals surface area contributed by atoms with E-state index in [-0.39, 0.29) is 0 Å². The standard InChI is InChI=1S/C25H27N3O5S/c1-14-15(2)27-22(26-14)16-9-11-17(12-10-16)24(30)33-13-20(29)28-23-21(25(31)32-3)18-7-5-4-6-8-19(18)34-23/h9-12H,4-8,13H2,1-3H3,(H,26,27)(H,28,29). The predicted octanol–water partition coefficient (Wildman–Crippen LogP) is 4.61. The van der Waals surface area contributed by atoms with E-state index in [2.05, 4.69) is 15.3 Å². The van der Waals surface area contributed by atoms with Gasteiger partial charge in [-0.1, -0.05) is 18.6 Å². The van der Waals surface area contributed by atoms with Gasteiger partial charge in [0.05, 0.1) is 23.9 Å². The highest BCUT2D eigenvalue weighted by molar-refractivity contribution is 7.17. The van der Waals surface area contributed by atoms with Crippen molar-refractivity contribution in [3.63, 3.8) is 0 Å². The summed E-state index contributed by atoms with van der Waals surface area (Å²) in [5, 5.41) is 3.19. The molecule has 0 fully saturated rings. The van der Waals surface area contributed by atoms with Crippen molar-refractivity contribution in [1.82, 2.24) is 9.97 Å². The van der Waals surface area contributed by atoms with Gasteiger partial charge in [-0.15, -0.1) is 11.3 Å². The number of thiophene rings is 1. The second-order valence-electron chi connectivity index (χ2n) is 8.26. The average molecular weight is 482 g/mol. The number of methoxy groups -OCH3 is 1. The van der Waals surface area contributed by atoms with Crippen LogP contribution >= 0.6 is 11.3 Å². The molecule has 0 saturated carbocycles. The molecular formula is C25H27N3O5S. The molecule has 0 bridgehead atoms. The number of carbonyl (C=O) groups excluding carboxylic acids is 3. The zero-order chi connectivity index (χ0) is 24.2. The number of aromatic nitrogens is 2. The van der Waals surface area contributed by atoms with Gasteiger partial charge < -0.3 is 19.8 Å². The van der Waals surface area contributed by atoms with Gasteiger partial charge >= 0.3 is 11.9 Å². The molecule has 34 heavy (non-hydrogen) atoms. The minimum atomic E-state index is -0.608. The van der Waals surface area contributed by atoms with E-state index >= 15 is 0 Å². The van der Waals surface area contributed by atoms with E-state index in [4.69, 9.17) is 9.47 Å². The Hall–Kier alpha value is -3.46. The number of H-pyrrole nitrogens is 1. The van der Waals surface area contributed by atoms with Crippen LogP contribution in [0.15, 0.2) is 24.3 Å². The van der Waals surface area contributed by atoms with Crippen molar-refractivity contribution < 1.29 is 23.9 Å². The number of aromatic amines is 1. The summed E-state index contributed by atoms with van der Waals surface area (Å²) >= 11 is 1.40. The Morgan fingerprint density at radius 2 is 1.79 bits per heavy atom. The van der Waals surface area contributed by atoms with Gasteiger partial charge in [-0.05, 0) is 57.2 Å². The van der Waals surface area contributed by atoms with Crippen LogP contribution in [0.3, 0.4) is 0 Å². The number of esters is 2. The molecule has 0 saturated heterocycles. The predicted molar refractivity (Wildman–Crippen MR) is 129 cm³/mol. The van der Waals surface area contributed by atoms with E-state index in [1.807, 2.05) is 13.8 Å². The van der Waals surface area contributed by atoms with Gasteiger partial charge in [0.2, 0.25) is 0 Å². The summed E-state index contributed by atoms with van der Waals surface area (Å²) < 4.78 is 10.1. The zero-order valence-corrected chi connectivity index (χ0v) is 20.3. The molecule has 8 nitrogen and oxygen atoms in total. The number of anilines is 1. The third kappa shape index (κ3) is 5.04. The molecule has 1 aromatic carbocycles. The van der Waals surface area contributed by atoms with E-state index in [0.717, 1.165) is 65.3 Å². The molecule has 1 aliphatic rings. The summed E-state index contributed by atoms with van der Waals surface area (Å²) in [5.41, 5.74) is 4.46. The molecule has 9 heteroatoms. The molecule has 3 aromatic rings. The van der Waals surface area contributed by atoms with Crippen LogP contribution in [0.1, 0.15) is 61.8 Å². The summed E-state index contributed by atoms with van der Waals surface area (Å²) in [4.78, 5) is 46.1. The van der Waals surface area contributed by atoms with Crippen LogP contribution in [-0.2, 0) is 27.1 Å². The molecule has 2 aromatic heterocycles.